The number of hydrogen-bond donors (Lipinski definition) is 1. The lowest BCUT2D eigenvalue weighted by molar-refractivity contribution is 0.0361. The van der Waals surface area contributed by atoms with Gasteiger partial charge in [-0.2, -0.15) is 0 Å². The van der Waals surface area contributed by atoms with Crippen molar-refractivity contribution in [1.82, 2.24) is 0 Å². The summed E-state index contributed by atoms with van der Waals surface area (Å²) in [5.41, 5.74) is -0.265. The largest absolute Gasteiger partial charge is 0.390 e. The molecule has 0 unspecified atom stereocenters. The highest BCUT2D eigenvalue weighted by Gasteiger charge is 2.29. The maximum absolute atomic E-state index is 10.3. The summed E-state index contributed by atoms with van der Waals surface area (Å²) in [7, 11) is 0. The van der Waals surface area contributed by atoms with Crippen LogP contribution in [0.5, 0.6) is 0 Å². The van der Waals surface area contributed by atoms with E-state index in [2.05, 4.69) is 6.92 Å². The molecule has 1 nitrogen and oxygen atoms in total. The van der Waals surface area contributed by atoms with Gasteiger partial charge in [0.25, 0.3) is 0 Å². The third-order valence-electron chi connectivity index (χ3n) is 5.03. The van der Waals surface area contributed by atoms with Crippen molar-refractivity contribution in [3.8, 4) is 0 Å². The number of hydrogen-bond acceptors (Lipinski definition) is 1. The van der Waals surface area contributed by atoms with E-state index in [0.717, 1.165) is 19.3 Å². The first kappa shape index (κ1) is 18.0. The highest BCUT2D eigenvalue weighted by Crippen LogP contribution is 2.33. The molecule has 1 saturated carbocycles. The lowest BCUT2D eigenvalue weighted by Gasteiger charge is -2.21. The summed E-state index contributed by atoms with van der Waals surface area (Å²) in [5, 5.41) is 10.3. The number of rotatable bonds is 13. The second-order valence-electron chi connectivity index (χ2n) is 7.07. The van der Waals surface area contributed by atoms with E-state index in [4.69, 9.17) is 0 Å². The second-order valence-corrected chi connectivity index (χ2v) is 7.07. The van der Waals surface area contributed by atoms with Crippen molar-refractivity contribution in [1.29, 1.82) is 0 Å². The summed E-state index contributed by atoms with van der Waals surface area (Å²) in [6.07, 6.45) is 22.5. The van der Waals surface area contributed by atoms with Gasteiger partial charge in [0, 0.05) is 0 Å². The maximum Gasteiger partial charge on any atom is 0.0647 e. The van der Waals surface area contributed by atoms with Gasteiger partial charge in [0.2, 0.25) is 0 Å². The zero-order valence-electron chi connectivity index (χ0n) is 14.0. The zero-order valence-corrected chi connectivity index (χ0v) is 14.0. The van der Waals surface area contributed by atoms with Crippen LogP contribution in [-0.4, -0.2) is 10.7 Å². The molecule has 0 saturated heterocycles. The number of aliphatic hydroxyl groups is 1. The fraction of sp³-hybridized carbons (Fsp3) is 1.00. The fourth-order valence-electron chi connectivity index (χ4n) is 3.58. The second kappa shape index (κ2) is 11.6. The third kappa shape index (κ3) is 9.00. The molecule has 0 aliphatic heterocycles. The molecule has 20 heavy (non-hydrogen) atoms. The molecule has 0 amide bonds. The van der Waals surface area contributed by atoms with E-state index in [0.29, 0.717) is 0 Å². The quantitative estimate of drug-likeness (QED) is 0.388. The van der Waals surface area contributed by atoms with Gasteiger partial charge in [-0.15, -0.1) is 0 Å². The summed E-state index contributed by atoms with van der Waals surface area (Å²) in [5.74, 6) is 0. The Bertz CT molecular complexity index is 206. The Kier molecular flexibility index (Phi) is 10.4. The minimum absolute atomic E-state index is 0.265. The van der Waals surface area contributed by atoms with Crippen LogP contribution in [0.1, 0.15) is 116 Å². The van der Waals surface area contributed by atoms with Gasteiger partial charge in [0.1, 0.15) is 0 Å². The lowest BCUT2D eigenvalue weighted by Crippen LogP contribution is -2.23. The van der Waals surface area contributed by atoms with E-state index in [1.54, 1.807) is 0 Å². The summed E-state index contributed by atoms with van der Waals surface area (Å²) < 4.78 is 0. The molecule has 0 bridgehead atoms. The minimum Gasteiger partial charge on any atom is -0.390 e. The topological polar surface area (TPSA) is 20.2 Å². The van der Waals surface area contributed by atoms with Gasteiger partial charge in [-0.25, -0.2) is 0 Å². The van der Waals surface area contributed by atoms with Crippen LogP contribution in [0.3, 0.4) is 0 Å². The molecule has 0 spiro atoms. The van der Waals surface area contributed by atoms with Crippen LogP contribution in [0, 0.1) is 0 Å². The molecular weight excluding hydrogens is 244 g/mol. The molecule has 1 aliphatic rings. The molecule has 1 rings (SSSR count). The van der Waals surface area contributed by atoms with Crippen molar-refractivity contribution in [2.45, 2.75) is 122 Å². The average molecular weight is 283 g/mol. The number of unbranched alkanes of at least 4 members (excludes halogenated alkanes) is 11. The van der Waals surface area contributed by atoms with Crippen LogP contribution in [0.25, 0.3) is 0 Å². The summed E-state index contributed by atoms with van der Waals surface area (Å²) in [6.45, 7) is 2.28. The first-order valence-corrected chi connectivity index (χ1v) is 9.49. The van der Waals surface area contributed by atoms with E-state index in [-0.39, 0.29) is 5.60 Å². The Morgan fingerprint density at radius 2 is 1.05 bits per heavy atom. The molecule has 0 radical (unpaired) electrons. The lowest BCUT2D eigenvalue weighted by atomic mass is 9.94. The van der Waals surface area contributed by atoms with Gasteiger partial charge < -0.3 is 5.11 Å². The van der Waals surface area contributed by atoms with E-state index >= 15 is 0 Å². The van der Waals surface area contributed by atoms with E-state index in [1.165, 1.54) is 89.9 Å². The van der Waals surface area contributed by atoms with Crippen LogP contribution < -0.4 is 0 Å². The molecule has 0 heterocycles. The van der Waals surface area contributed by atoms with E-state index in [9.17, 15) is 5.11 Å². The van der Waals surface area contributed by atoms with Crippen molar-refractivity contribution in [2.75, 3.05) is 0 Å². The van der Waals surface area contributed by atoms with Gasteiger partial charge in [0.05, 0.1) is 5.60 Å². The highest BCUT2D eigenvalue weighted by atomic mass is 16.3. The molecule has 0 aromatic carbocycles. The van der Waals surface area contributed by atoms with Crippen LogP contribution >= 0.6 is 0 Å². The SMILES string of the molecule is CCCCCCCCCCCCCCC1(O)CCCC1. The maximum atomic E-state index is 10.3. The monoisotopic (exact) mass is 282 g/mol. The first-order valence-electron chi connectivity index (χ1n) is 9.49. The predicted octanol–water partition coefficient (Wildman–Crippen LogP) is 6.38. The fourth-order valence-corrected chi connectivity index (χ4v) is 3.58. The molecule has 1 N–H and O–H groups in total. The molecular formula is C19H38O. The zero-order chi connectivity index (χ0) is 14.5. The molecule has 1 aliphatic carbocycles. The summed E-state index contributed by atoms with van der Waals surface area (Å²) >= 11 is 0. The predicted molar refractivity (Wildman–Crippen MR) is 89.1 cm³/mol. The summed E-state index contributed by atoms with van der Waals surface area (Å²) in [6, 6.07) is 0. The summed E-state index contributed by atoms with van der Waals surface area (Å²) in [4.78, 5) is 0. The Balaban J connectivity index is 1.74. The van der Waals surface area contributed by atoms with Crippen molar-refractivity contribution < 1.29 is 5.11 Å². The van der Waals surface area contributed by atoms with Crippen molar-refractivity contribution in [3.05, 3.63) is 0 Å². The third-order valence-corrected chi connectivity index (χ3v) is 5.03. The van der Waals surface area contributed by atoms with E-state index in [1.807, 2.05) is 0 Å². The van der Waals surface area contributed by atoms with Crippen LogP contribution in [0.15, 0.2) is 0 Å². The van der Waals surface area contributed by atoms with Gasteiger partial charge in [-0.1, -0.05) is 96.8 Å². The van der Waals surface area contributed by atoms with Gasteiger partial charge in [0.15, 0.2) is 0 Å². The van der Waals surface area contributed by atoms with Gasteiger partial charge >= 0.3 is 0 Å². The smallest absolute Gasteiger partial charge is 0.0647 e. The minimum atomic E-state index is -0.265. The van der Waals surface area contributed by atoms with Gasteiger partial charge in [-0.3, -0.25) is 0 Å². The van der Waals surface area contributed by atoms with Crippen LogP contribution in [-0.2, 0) is 0 Å². The molecule has 0 aromatic heterocycles. The molecule has 120 valence electrons. The first-order chi connectivity index (χ1) is 9.77. The highest BCUT2D eigenvalue weighted by molar-refractivity contribution is 4.83. The van der Waals surface area contributed by atoms with Crippen LogP contribution in [0.4, 0.5) is 0 Å². The Morgan fingerprint density at radius 1 is 0.650 bits per heavy atom. The van der Waals surface area contributed by atoms with Crippen molar-refractivity contribution in [3.63, 3.8) is 0 Å². The van der Waals surface area contributed by atoms with Crippen molar-refractivity contribution in [2.24, 2.45) is 0 Å². The van der Waals surface area contributed by atoms with Crippen molar-refractivity contribution >= 4 is 0 Å². The molecule has 1 heteroatoms. The standard InChI is InChI=1S/C19H38O/c1-2-3-4-5-6-7-8-9-10-11-12-13-16-19(20)17-14-15-18-19/h20H,2-18H2,1H3. The molecule has 0 aromatic rings. The molecule has 0 atom stereocenters. The van der Waals surface area contributed by atoms with Gasteiger partial charge in [-0.05, 0) is 19.3 Å². The van der Waals surface area contributed by atoms with E-state index < -0.39 is 0 Å². The average Bonchev–Trinajstić information content (AvgIpc) is 2.87. The molecule has 1 fully saturated rings. The Morgan fingerprint density at radius 3 is 1.50 bits per heavy atom. The van der Waals surface area contributed by atoms with Crippen LogP contribution in [0.2, 0.25) is 0 Å². The Labute approximate surface area is 127 Å². The Hall–Kier alpha value is -0.0400. The normalized spacial score (nSPS) is 17.7.